The van der Waals surface area contributed by atoms with Gasteiger partial charge in [-0.3, -0.25) is 4.79 Å². The molecule has 5 aromatic rings. The van der Waals surface area contributed by atoms with Crippen LogP contribution in [-0.4, -0.2) is 222 Å². The number of esters is 2. The number of hydrogen-bond acceptors (Lipinski definition) is 17. The van der Waals surface area contributed by atoms with Crippen molar-refractivity contribution in [3.8, 4) is 6.19 Å². The van der Waals surface area contributed by atoms with E-state index in [9.17, 15) is 24.3 Å². The predicted molar refractivity (Wildman–Crippen MR) is 310 cm³/mol. The van der Waals surface area contributed by atoms with Gasteiger partial charge in [0.25, 0.3) is 0 Å². The van der Waals surface area contributed by atoms with Gasteiger partial charge < -0.3 is 14.4 Å². The average molecular weight is 1380 g/mol. The molecule has 0 spiro atoms. The van der Waals surface area contributed by atoms with Crippen molar-refractivity contribution >= 4 is 129 Å². The zero-order chi connectivity index (χ0) is 57.8. The number of morpholine rings is 4. The van der Waals surface area contributed by atoms with Crippen LogP contribution in [0.5, 0.6) is 0 Å². The number of rotatable bonds is 14. The summed E-state index contributed by atoms with van der Waals surface area (Å²) in [6.45, 7) is 16.2. The fraction of sp³-hybridized carbons (Fsp3) is 0.444. The summed E-state index contributed by atoms with van der Waals surface area (Å²) in [6.07, 6.45) is 3.28. The van der Waals surface area contributed by atoms with Gasteiger partial charge in [-0.2, -0.15) is 5.26 Å². The number of ketones is 1. The maximum absolute atomic E-state index is 12.3. The molecule has 4 fully saturated rings. The van der Waals surface area contributed by atoms with Crippen molar-refractivity contribution < 1.29 is 52.7 Å². The van der Waals surface area contributed by atoms with Gasteiger partial charge in [-0.1, -0.05) is 23.7 Å². The molecular weight excluding hydrogens is 1320 g/mol. The Balaban J connectivity index is 0.000000194. The molecule has 4 aliphatic rings. The molecule has 80 heavy (non-hydrogen) atoms. The number of hydrogen-bond donors (Lipinski definition) is 2. The Kier molecular flexibility index (Phi) is 29.9. The van der Waals surface area contributed by atoms with Crippen molar-refractivity contribution in [3.63, 3.8) is 0 Å². The van der Waals surface area contributed by atoms with Crippen molar-refractivity contribution in [2.24, 2.45) is 0 Å². The van der Waals surface area contributed by atoms with Crippen molar-refractivity contribution in [3.05, 3.63) is 125 Å². The molecule has 4 aliphatic heterocycles. The Labute approximate surface area is 506 Å². The van der Waals surface area contributed by atoms with E-state index in [0.29, 0.717) is 89.0 Å². The van der Waals surface area contributed by atoms with Crippen LogP contribution in [-0.2, 0) is 57.3 Å². The molecule has 26 heteroatoms. The molecule has 1 atom stereocenters. The summed E-state index contributed by atoms with van der Waals surface area (Å²) in [6, 6.07) is 21.9. The van der Waals surface area contributed by atoms with E-state index in [1.165, 1.54) is 0 Å². The Bertz CT molecular complexity index is 2770. The van der Waals surface area contributed by atoms with E-state index in [1.807, 2.05) is 60.4 Å². The molecule has 0 amide bonds. The first-order valence-electron chi connectivity index (χ1n) is 25.5. The van der Waals surface area contributed by atoms with Crippen molar-refractivity contribution in [1.82, 2.24) is 19.8 Å². The van der Waals surface area contributed by atoms with Gasteiger partial charge in [0.2, 0.25) is 0 Å². The van der Waals surface area contributed by atoms with E-state index in [4.69, 9.17) is 85.7 Å². The summed E-state index contributed by atoms with van der Waals surface area (Å²) >= 11 is 25.5. The van der Waals surface area contributed by atoms with Crippen molar-refractivity contribution in [2.45, 2.75) is 38.5 Å². The predicted octanol–water partition coefficient (Wildman–Crippen LogP) is 6.16. The number of ether oxygens (including phenoxy) is 6. The molecule has 9 rings (SSSR count). The third kappa shape index (κ3) is 23.0. The number of nitrogens with one attached hydrogen (secondary N) is 1. The van der Waals surface area contributed by atoms with Crippen LogP contribution in [0, 0.1) is 16.9 Å². The van der Waals surface area contributed by atoms with Gasteiger partial charge in [-0.15, -0.1) is 11.6 Å². The van der Waals surface area contributed by atoms with Gasteiger partial charge in [-0.05, 0) is 24.6 Å². The van der Waals surface area contributed by atoms with Gasteiger partial charge in [-0.25, -0.2) is 4.79 Å². The minimum atomic E-state index is -1.24. The molecule has 19 nitrogen and oxygen atoms in total. The molecule has 1 radical (unpaired) electrons. The molecule has 2 aromatic heterocycles. The number of amidine groups is 1. The van der Waals surface area contributed by atoms with E-state index in [-0.39, 0.29) is 53.8 Å². The zero-order valence-electron chi connectivity index (χ0n) is 44.3. The fourth-order valence-corrected chi connectivity index (χ4v) is 12.6. The van der Waals surface area contributed by atoms with Gasteiger partial charge >= 0.3 is 359 Å². The molecule has 1 unspecified atom stereocenters. The normalized spacial score (nSPS) is 15.3. The van der Waals surface area contributed by atoms with Crippen LogP contribution in [0.1, 0.15) is 60.4 Å². The summed E-state index contributed by atoms with van der Waals surface area (Å²) in [7, 11) is 0. The zero-order valence-corrected chi connectivity index (χ0v) is 52.4. The topological polar surface area (TPSA) is 230 Å². The summed E-state index contributed by atoms with van der Waals surface area (Å²) in [4.78, 5) is 64.1. The second-order valence-electron chi connectivity index (χ2n) is 17.4. The summed E-state index contributed by atoms with van der Waals surface area (Å²) in [5, 5.41) is 25.7. The van der Waals surface area contributed by atoms with Crippen LogP contribution >= 0.6 is 46.4 Å². The van der Waals surface area contributed by atoms with Crippen LogP contribution in [0.4, 0.5) is 9.38 Å². The number of carbonyl (C=O) groups excluding carboxylic acids is 3. The third-order valence-electron chi connectivity index (χ3n) is 11.7. The number of Topliss-reactive ketones (excluding diaryl/α,β-unsaturated/α-hetero) is 1. The van der Waals surface area contributed by atoms with Gasteiger partial charge in [0.1, 0.15) is 0 Å². The first kappa shape index (κ1) is 66.3. The van der Waals surface area contributed by atoms with Gasteiger partial charge in [0, 0.05) is 11.4 Å². The Morgan fingerprint density at radius 2 is 1.04 bits per heavy atom. The van der Waals surface area contributed by atoms with Crippen LogP contribution in [0.15, 0.2) is 72.8 Å². The Morgan fingerprint density at radius 1 is 0.650 bits per heavy atom. The van der Waals surface area contributed by atoms with Crippen molar-refractivity contribution in [1.29, 1.82) is 10.7 Å². The molecule has 0 bridgehead atoms. The van der Waals surface area contributed by atoms with E-state index < -0.39 is 17.3 Å². The number of anilines is 2. The number of carbonyl (C=O) groups is 4. The number of carboxylic acids is 1. The number of halogens is 4. The van der Waals surface area contributed by atoms with E-state index in [0.717, 1.165) is 102 Å². The molecule has 4 saturated heterocycles. The first-order chi connectivity index (χ1) is 38.6. The second-order valence-corrected chi connectivity index (χ2v) is 24.0. The SMILES string of the molecule is CCOC(=O)C(Cl)C(=O)Cc1ccc(Cl)cc1.CCOC(=O)c1[se]c(N2CCOCC2)nc1Cc1ccc(Cl)cc1.N#CN1CCOCC1.N=C([Se])N1CCOCC1.O=C(O)c1[se]c(N2CCOCC2)nc1Cc1ccc(Cl)cc1. The molecule has 2 N–H and O–H groups in total. The average Bonchev–Trinajstić information content (AvgIpc) is 4.12. The van der Waals surface area contributed by atoms with E-state index in [2.05, 4.69) is 41.7 Å². The van der Waals surface area contributed by atoms with E-state index >= 15 is 0 Å². The van der Waals surface area contributed by atoms with Crippen LogP contribution < -0.4 is 9.80 Å². The number of alkyl halides is 1. The number of nitriles is 1. The summed E-state index contributed by atoms with van der Waals surface area (Å²) in [5.74, 6) is -2.19. The summed E-state index contributed by atoms with van der Waals surface area (Å²) in [5.41, 5.74) is 4.34. The van der Waals surface area contributed by atoms with Gasteiger partial charge in [0.15, 0.2) is 17.4 Å². The van der Waals surface area contributed by atoms with Crippen molar-refractivity contribution in [2.75, 3.05) is 128 Å². The Morgan fingerprint density at radius 3 is 1.41 bits per heavy atom. The monoisotopic (exact) mass is 1380 g/mol. The molecule has 3 aromatic carbocycles. The number of aromatic nitrogens is 2. The number of aromatic carboxylic acids is 1. The quantitative estimate of drug-likeness (QED) is 0.0241. The molecule has 0 saturated carbocycles. The van der Waals surface area contributed by atoms with Crippen LogP contribution in [0.2, 0.25) is 15.1 Å². The minimum absolute atomic E-state index is 0.0875. The fourth-order valence-electron chi connectivity index (χ4n) is 7.48. The second kappa shape index (κ2) is 36.1. The number of benzene rings is 3. The third-order valence-corrected chi connectivity index (χ3v) is 18.2. The van der Waals surface area contributed by atoms with Gasteiger partial charge in [0.05, 0.1) is 32.9 Å². The summed E-state index contributed by atoms with van der Waals surface area (Å²) < 4.78 is 34.3. The van der Waals surface area contributed by atoms with E-state index in [1.54, 1.807) is 36.1 Å². The first-order valence-corrected chi connectivity index (χ1v) is 31.4. The molecular formula is C54H63Cl4N8O11Se3. The number of carboxylic acid groups (broad SMARTS) is 1. The van der Waals surface area contributed by atoms with Crippen LogP contribution in [0.25, 0.3) is 0 Å². The molecule has 0 aliphatic carbocycles. The Hall–Kier alpha value is -4.52. The number of nitrogens with zero attached hydrogens (tertiary/aromatic N) is 7. The van der Waals surface area contributed by atoms with Crippen LogP contribution in [0.3, 0.4) is 0 Å². The molecule has 431 valence electrons. The maximum atomic E-state index is 12.3. The standard InChI is InChI=1S/C17H19ClN2O3Se.C15H15ClN2O3Se.C12H12Cl2O3.C5H9N2OSe.C5H8N2O/c1-2-23-16(21)15-14(11-12-3-5-13(18)6-4-12)19-17(24-15)20-7-9-22-10-8-20;16-11-3-1-10(2-4-11)9-12-13(14(19)20)22-15(17-12)18-5-7-21-8-6-18;1-2-17-12(16)11(14)10(15)7-8-3-5-9(13)6-4-8;6-5(9)7-1-3-8-4-2-7;6-5-7-1-3-8-4-2-7/h3-6H,2,7-11H2,1H3;1-4H,5-9H2,(H,19,20);3-6,11H,2,7H2,1H3;6H,1-4H2;1-4H2. The molecule has 6 heterocycles.